The molecule has 112 valence electrons. The maximum absolute atomic E-state index is 3.51. The number of hydrogen-bond donors (Lipinski definition) is 1. The van der Waals surface area contributed by atoms with E-state index in [1.807, 2.05) is 0 Å². The van der Waals surface area contributed by atoms with Gasteiger partial charge in [0.15, 0.2) is 0 Å². The lowest BCUT2D eigenvalue weighted by atomic mass is 9.96. The Balaban J connectivity index is 1.56. The Bertz CT molecular complexity index is 230. The Morgan fingerprint density at radius 1 is 1.05 bits per heavy atom. The molecule has 3 nitrogen and oxygen atoms in total. The van der Waals surface area contributed by atoms with E-state index in [4.69, 9.17) is 0 Å². The maximum atomic E-state index is 3.51. The summed E-state index contributed by atoms with van der Waals surface area (Å²) in [5.41, 5.74) is 0. The van der Waals surface area contributed by atoms with Crippen molar-refractivity contribution in [2.45, 2.75) is 52.0 Å². The van der Waals surface area contributed by atoms with E-state index in [0.29, 0.717) is 6.04 Å². The first-order valence-electron chi connectivity index (χ1n) is 8.46. The van der Waals surface area contributed by atoms with E-state index < -0.39 is 0 Å². The number of nitrogens with zero attached hydrogens (tertiary/aromatic N) is 2. The molecule has 0 radical (unpaired) electrons. The minimum Gasteiger partial charge on any atom is -0.314 e. The van der Waals surface area contributed by atoms with Crippen LogP contribution in [0.2, 0.25) is 0 Å². The Morgan fingerprint density at radius 3 is 2.37 bits per heavy atom. The van der Waals surface area contributed by atoms with Crippen LogP contribution in [0.4, 0.5) is 0 Å². The Morgan fingerprint density at radius 2 is 1.74 bits per heavy atom. The van der Waals surface area contributed by atoms with Gasteiger partial charge in [0, 0.05) is 12.6 Å². The van der Waals surface area contributed by atoms with Gasteiger partial charge in [-0.2, -0.15) is 0 Å². The average Bonchev–Trinajstić information content (AvgIpc) is 2.91. The molecule has 2 aliphatic rings. The molecule has 0 amide bonds. The molecular weight excluding hydrogens is 234 g/mol. The molecule has 1 atom stereocenters. The molecular formula is C16H33N3. The Labute approximate surface area is 119 Å². The largest absolute Gasteiger partial charge is 0.314 e. The van der Waals surface area contributed by atoms with Crippen molar-refractivity contribution < 1.29 is 0 Å². The lowest BCUT2D eigenvalue weighted by Gasteiger charge is -2.34. The van der Waals surface area contributed by atoms with E-state index in [0.717, 1.165) is 12.5 Å². The van der Waals surface area contributed by atoms with Crippen LogP contribution in [0.1, 0.15) is 46.0 Å². The quantitative estimate of drug-likeness (QED) is 0.763. The van der Waals surface area contributed by atoms with E-state index in [9.17, 15) is 0 Å². The fraction of sp³-hybridized carbons (Fsp3) is 1.00. The van der Waals surface area contributed by atoms with Gasteiger partial charge in [0.25, 0.3) is 0 Å². The zero-order chi connectivity index (χ0) is 13.5. The van der Waals surface area contributed by atoms with Crippen molar-refractivity contribution in [2.75, 3.05) is 45.8 Å². The molecule has 0 aromatic carbocycles. The zero-order valence-electron chi connectivity index (χ0n) is 13.0. The Kier molecular flexibility index (Phi) is 6.62. The first-order chi connectivity index (χ1) is 9.28. The maximum Gasteiger partial charge on any atom is 0.00507 e. The fourth-order valence-electron chi connectivity index (χ4n) is 3.55. The standard InChI is InChI=1S/C16H33N3/c1-3-17-15(2)6-11-18-12-7-16(8-13-18)14-19-9-4-5-10-19/h15-17H,3-14H2,1-2H3. The highest BCUT2D eigenvalue weighted by atomic mass is 15.2. The molecule has 0 bridgehead atoms. The lowest BCUT2D eigenvalue weighted by molar-refractivity contribution is 0.150. The van der Waals surface area contributed by atoms with Crippen molar-refractivity contribution in [3.05, 3.63) is 0 Å². The number of rotatable bonds is 7. The predicted octanol–water partition coefficient (Wildman–Crippen LogP) is 2.18. The van der Waals surface area contributed by atoms with Gasteiger partial charge in [-0.1, -0.05) is 6.92 Å². The third-order valence-corrected chi connectivity index (χ3v) is 4.85. The molecule has 1 unspecified atom stereocenters. The van der Waals surface area contributed by atoms with Gasteiger partial charge < -0.3 is 15.1 Å². The highest BCUT2D eigenvalue weighted by Gasteiger charge is 2.22. The van der Waals surface area contributed by atoms with Crippen LogP contribution >= 0.6 is 0 Å². The van der Waals surface area contributed by atoms with Gasteiger partial charge >= 0.3 is 0 Å². The first-order valence-corrected chi connectivity index (χ1v) is 8.46. The van der Waals surface area contributed by atoms with Crippen molar-refractivity contribution in [3.8, 4) is 0 Å². The summed E-state index contributed by atoms with van der Waals surface area (Å²) in [5.74, 6) is 0.973. The van der Waals surface area contributed by atoms with Gasteiger partial charge in [0.2, 0.25) is 0 Å². The summed E-state index contributed by atoms with van der Waals surface area (Å²) in [4.78, 5) is 5.36. The van der Waals surface area contributed by atoms with Gasteiger partial charge in [-0.05, 0) is 84.2 Å². The second-order valence-electron chi connectivity index (χ2n) is 6.54. The van der Waals surface area contributed by atoms with Gasteiger partial charge in [0.1, 0.15) is 0 Å². The highest BCUT2D eigenvalue weighted by molar-refractivity contribution is 4.77. The minimum absolute atomic E-state index is 0.673. The smallest absolute Gasteiger partial charge is 0.00507 e. The van der Waals surface area contributed by atoms with Crippen molar-refractivity contribution in [3.63, 3.8) is 0 Å². The number of nitrogens with one attached hydrogen (secondary N) is 1. The Hall–Kier alpha value is -0.120. The molecule has 2 heterocycles. The predicted molar refractivity (Wildman–Crippen MR) is 82.6 cm³/mol. The molecule has 19 heavy (non-hydrogen) atoms. The topological polar surface area (TPSA) is 18.5 Å². The van der Waals surface area contributed by atoms with E-state index >= 15 is 0 Å². The minimum atomic E-state index is 0.673. The molecule has 1 N–H and O–H groups in total. The molecule has 0 saturated carbocycles. The molecule has 2 rings (SSSR count). The zero-order valence-corrected chi connectivity index (χ0v) is 13.0. The van der Waals surface area contributed by atoms with Crippen LogP contribution < -0.4 is 5.32 Å². The molecule has 0 aliphatic carbocycles. The third kappa shape index (κ3) is 5.41. The second kappa shape index (κ2) is 8.23. The van der Waals surface area contributed by atoms with Crippen LogP contribution in [0.3, 0.4) is 0 Å². The molecule has 0 aromatic heterocycles. The number of piperidine rings is 1. The van der Waals surface area contributed by atoms with Crippen LogP contribution in [0.15, 0.2) is 0 Å². The van der Waals surface area contributed by atoms with Crippen molar-refractivity contribution >= 4 is 0 Å². The highest BCUT2D eigenvalue weighted by Crippen LogP contribution is 2.20. The number of likely N-dealkylation sites (tertiary alicyclic amines) is 2. The van der Waals surface area contributed by atoms with Crippen LogP contribution in [-0.4, -0.2) is 61.7 Å². The summed E-state index contributed by atoms with van der Waals surface area (Å²) < 4.78 is 0. The SMILES string of the molecule is CCNC(C)CCN1CCC(CN2CCCC2)CC1. The summed E-state index contributed by atoms with van der Waals surface area (Å²) in [6.45, 7) is 13.6. The summed E-state index contributed by atoms with van der Waals surface area (Å²) in [6.07, 6.45) is 7.01. The first kappa shape index (κ1) is 15.3. The summed E-state index contributed by atoms with van der Waals surface area (Å²) in [7, 11) is 0. The van der Waals surface area contributed by atoms with Crippen molar-refractivity contribution in [1.29, 1.82) is 0 Å². The monoisotopic (exact) mass is 267 g/mol. The number of hydrogen-bond acceptors (Lipinski definition) is 3. The van der Waals surface area contributed by atoms with E-state index in [1.54, 1.807) is 0 Å². The molecule has 3 heteroatoms. The lowest BCUT2D eigenvalue weighted by Crippen LogP contribution is -2.40. The second-order valence-corrected chi connectivity index (χ2v) is 6.54. The summed E-state index contributed by atoms with van der Waals surface area (Å²) >= 11 is 0. The molecule has 0 aromatic rings. The fourth-order valence-corrected chi connectivity index (χ4v) is 3.55. The molecule has 0 spiro atoms. The van der Waals surface area contributed by atoms with Crippen molar-refractivity contribution in [2.24, 2.45) is 5.92 Å². The summed E-state index contributed by atoms with van der Waals surface area (Å²) in [6, 6.07) is 0.673. The van der Waals surface area contributed by atoms with Gasteiger partial charge in [-0.3, -0.25) is 0 Å². The van der Waals surface area contributed by atoms with Crippen LogP contribution in [0.25, 0.3) is 0 Å². The van der Waals surface area contributed by atoms with Gasteiger partial charge in [-0.25, -0.2) is 0 Å². The average molecular weight is 267 g/mol. The van der Waals surface area contributed by atoms with Gasteiger partial charge in [0.05, 0.1) is 0 Å². The van der Waals surface area contributed by atoms with E-state index in [-0.39, 0.29) is 0 Å². The normalized spacial score (nSPS) is 24.9. The van der Waals surface area contributed by atoms with Crippen LogP contribution in [0, 0.1) is 5.92 Å². The van der Waals surface area contributed by atoms with E-state index in [2.05, 4.69) is 29.0 Å². The molecule has 2 aliphatic heterocycles. The molecule has 2 saturated heterocycles. The van der Waals surface area contributed by atoms with Crippen LogP contribution in [0.5, 0.6) is 0 Å². The molecule has 2 fully saturated rings. The third-order valence-electron chi connectivity index (χ3n) is 4.85. The summed E-state index contributed by atoms with van der Waals surface area (Å²) in [5, 5.41) is 3.51. The van der Waals surface area contributed by atoms with E-state index in [1.165, 1.54) is 71.4 Å². The van der Waals surface area contributed by atoms with Crippen LogP contribution in [-0.2, 0) is 0 Å². The van der Waals surface area contributed by atoms with Crippen molar-refractivity contribution in [1.82, 2.24) is 15.1 Å². The van der Waals surface area contributed by atoms with Gasteiger partial charge in [-0.15, -0.1) is 0 Å².